The second-order valence-electron chi connectivity index (χ2n) is 9.69. The van der Waals surface area contributed by atoms with Gasteiger partial charge in [-0.15, -0.1) is 0 Å². The Balaban J connectivity index is 0.000000806. The summed E-state index contributed by atoms with van der Waals surface area (Å²) in [5.41, 5.74) is 4.01. The molecular formula is C25H33N5O4S. The van der Waals surface area contributed by atoms with Gasteiger partial charge in [-0.3, -0.25) is 0 Å². The van der Waals surface area contributed by atoms with E-state index in [1.165, 1.54) is 18.8 Å². The minimum absolute atomic E-state index is 0.116. The molecule has 188 valence electrons. The van der Waals surface area contributed by atoms with Gasteiger partial charge in [0.1, 0.15) is 22.6 Å². The second-order valence-corrected chi connectivity index (χ2v) is 11.2. The Kier molecular flexibility index (Phi) is 6.82. The van der Waals surface area contributed by atoms with Crippen LogP contribution in [-0.4, -0.2) is 102 Å². The number of morpholine rings is 1. The van der Waals surface area contributed by atoms with E-state index >= 15 is 0 Å². The Hall–Kier alpha value is -2.50. The lowest BCUT2D eigenvalue weighted by atomic mass is 9.73. The van der Waals surface area contributed by atoms with Gasteiger partial charge in [-0.05, 0) is 43.4 Å². The van der Waals surface area contributed by atoms with E-state index in [0.29, 0.717) is 48.0 Å². The van der Waals surface area contributed by atoms with Crippen LogP contribution in [0.2, 0.25) is 0 Å². The fourth-order valence-electron chi connectivity index (χ4n) is 5.24. The SMILES string of the molecule is CN1CC2(C1)CN(c1ccc3nc(-c4cc(S(=O)N5CCOCC5)ccc4O)[nH]c3c1)C2.COC. The highest BCUT2D eigenvalue weighted by molar-refractivity contribution is 7.82. The highest BCUT2D eigenvalue weighted by Gasteiger charge is 2.50. The van der Waals surface area contributed by atoms with Crippen molar-refractivity contribution in [1.82, 2.24) is 19.2 Å². The molecule has 9 nitrogen and oxygen atoms in total. The molecule has 3 aliphatic rings. The number of imidazole rings is 1. The fourth-order valence-corrected chi connectivity index (χ4v) is 6.42. The number of aromatic amines is 1. The number of aromatic nitrogens is 2. The summed E-state index contributed by atoms with van der Waals surface area (Å²) >= 11 is 0. The molecule has 10 heteroatoms. The van der Waals surface area contributed by atoms with Crippen LogP contribution in [-0.2, 0) is 20.5 Å². The molecule has 0 saturated carbocycles. The van der Waals surface area contributed by atoms with E-state index in [1.807, 2.05) is 10.4 Å². The molecule has 6 rings (SSSR count). The van der Waals surface area contributed by atoms with Crippen LogP contribution < -0.4 is 4.90 Å². The number of fused-ring (bicyclic) bond motifs is 1. The molecule has 0 aliphatic carbocycles. The number of nitrogens with zero attached hydrogens (tertiary/aromatic N) is 4. The van der Waals surface area contributed by atoms with Crippen LogP contribution >= 0.6 is 0 Å². The lowest BCUT2D eigenvalue weighted by Crippen LogP contribution is -2.71. The summed E-state index contributed by atoms with van der Waals surface area (Å²) in [7, 11) is 4.13. The van der Waals surface area contributed by atoms with Crippen molar-refractivity contribution in [3.05, 3.63) is 36.4 Å². The second kappa shape index (κ2) is 9.87. The number of nitrogens with one attached hydrogen (secondary N) is 1. The first-order chi connectivity index (χ1) is 16.9. The molecule has 0 radical (unpaired) electrons. The third-order valence-electron chi connectivity index (χ3n) is 6.72. The van der Waals surface area contributed by atoms with Crippen LogP contribution in [0.15, 0.2) is 41.3 Å². The number of methoxy groups -OCH3 is 1. The summed E-state index contributed by atoms with van der Waals surface area (Å²) in [6, 6.07) is 11.3. The Morgan fingerprint density at radius 1 is 1.09 bits per heavy atom. The maximum atomic E-state index is 13.0. The molecule has 4 heterocycles. The van der Waals surface area contributed by atoms with E-state index in [1.54, 1.807) is 32.4 Å². The maximum Gasteiger partial charge on any atom is 0.142 e. The molecule has 0 bridgehead atoms. The highest BCUT2D eigenvalue weighted by Crippen LogP contribution is 2.41. The molecule has 1 spiro atoms. The summed E-state index contributed by atoms with van der Waals surface area (Å²) in [5, 5.41) is 10.5. The quantitative estimate of drug-likeness (QED) is 0.569. The van der Waals surface area contributed by atoms with E-state index in [4.69, 9.17) is 9.72 Å². The number of phenols is 1. The number of hydrogen-bond acceptors (Lipinski definition) is 7. The molecule has 2 N–H and O–H groups in total. The molecular weight excluding hydrogens is 466 g/mol. The van der Waals surface area contributed by atoms with E-state index in [9.17, 15) is 9.32 Å². The van der Waals surface area contributed by atoms with Gasteiger partial charge in [-0.25, -0.2) is 13.5 Å². The van der Waals surface area contributed by atoms with Gasteiger partial charge in [0.2, 0.25) is 0 Å². The van der Waals surface area contributed by atoms with Gasteiger partial charge >= 0.3 is 0 Å². The van der Waals surface area contributed by atoms with Crippen molar-refractivity contribution in [3.8, 4) is 17.1 Å². The standard InChI is InChI=1S/C23H27N5O3S.C2H6O/c1-26-12-23(13-26)14-27(15-23)16-2-4-19-20(10-16)25-22(24-19)18-11-17(3-5-21(18)29)32(30)28-6-8-31-9-7-28;1-3-2/h2-5,10-11,29H,6-9,12-15H2,1H3,(H,24,25);1-2H3. The van der Waals surface area contributed by atoms with Crippen molar-refractivity contribution in [2.45, 2.75) is 4.90 Å². The molecule has 1 aromatic heterocycles. The molecule has 3 fully saturated rings. The number of phenolic OH excluding ortho intramolecular Hbond substituents is 1. The van der Waals surface area contributed by atoms with Gasteiger partial charge in [0, 0.05) is 64.6 Å². The molecule has 0 amide bonds. The third kappa shape index (κ3) is 4.81. The third-order valence-corrected chi connectivity index (χ3v) is 8.21. The van der Waals surface area contributed by atoms with Gasteiger partial charge in [-0.1, -0.05) is 0 Å². The Morgan fingerprint density at radius 2 is 1.80 bits per heavy atom. The number of rotatable bonds is 4. The van der Waals surface area contributed by atoms with Gasteiger partial charge < -0.3 is 29.4 Å². The Bertz CT molecular complexity index is 1210. The predicted octanol–water partition coefficient (Wildman–Crippen LogP) is 2.30. The number of ether oxygens (including phenoxy) is 2. The number of anilines is 1. The minimum atomic E-state index is -1.30. The largest absolute Gasteiger partial charge is 0.507 e. The van der Waals surface area contributed by atoms with Crippen LogP contribution in [0, 0.1) is 5.41 Å². The normalized spacial score (nSPS) is 20.7. The average Bonchev–Trinajstić information content (AvgIpc) is 3.24. The first-order valence-corrected chi connectivity index (χ1v) is 12.9. The van der Waals surface area contributed by atoms with Crippen molar-refractivity contribution in [2.75, 3.05) is 78.6 Å². The maximum absolute atomic E-state index is 13.0. The summed E-state index contributed by atoms with van der Waals surface area (Å²) in [5.74, 6) is 0.696. The van der Waals surface area contributed by atoms with E-state index in [-0.39, 0.29) is 5.75 Å². The number of H-pyrrole nitrogens is 1. The zero-order valence-electron chi connectivity index (χ0n) is 20.5. The molecule has 3 aliphatic heterocycles. The highest BCUT2D eigenvalue weighted by atomic mass is 32.2. The van der Waals surface area contributed by atoms with Gasteiger partial charge in [-0.2, -0.15) is 0 Å². The van der Waals surface area contributed by atoms with Gasteiger partial charge in [0.15, 0.2) is 0 Å². The topological polar surface area (TPSA) is 94.2 Å². The average molecular weight is 500 g/mol. The van der Waals surface area contributed by atoms with E-state index in [2.05, 4.69) is 38.7 Å². The zero-order valence-corrected chi connectivity index (χ0v) is 21.3. The van der Waals surface area contributed by atoms with Crippen molar-refractivity contribution in [1.29, 1.82) is 0 Å². The predicted molar refractivity (Wildman–Crippen MR) is 137 cm³/mol. The summed E-state index contributed by atoms with van der Waals surface area (Å²) in [6.45, 7) is 6.98. The number of hydrogen-bond donors (Lipinski definition) is 2. The van der Waals surface area contributed by atoms with E-state index in [0.717, 1.165) is 24.1 Å². The fraction of sp³-hybridized carbons (Fsp3) is 0.480. The van der Waals surface area contributed by atoms with Crippen LogP contribution in [0.4, 0.5) is 5.69 Å². The number of likely N-dealkylation sites (tertiary alicyclic amines) is 1. The molecule has 35 heavy (non-hydrogen) atoms. The molecule has 1 atom stereocenters. The van der Waals surface area contributed by atoms with Crippen molar-refractivity contribution < 1.29 is 18.8 Å². The summed E-state index contributed by atoms with van der Waals surface area (Å²) < 4.78 is 24.5. The lowest BCUT2D eigenvalue weighted by Gasteiger charge is -2.60. The molecule has 3 aromatic rings. The van der Waals surface area contributed by atoms with Crippen LogP contribution in [0.3, 0.4) is 0 Å². The van der Waals surface area contributed by atoms with Crippen molar-refractivity contribution in [3.63, 3.8) is 0 Å². The summed E-state index contributed by atoms with van der Waals surface area (Å²) in [6.07, 6.45) is 0. The van der Waals surface area contributed by atoms with Gasteiger partial charge in [0.05, 0.1) is 34.7 Å². The number of aromatic hydroxyl groups is 1. The van der Waals surface area contributed by atoms with Crippen LogP contribution in [0.25, 0.3) is 22.4 Å². The van der Waals surface area contributed by atoms with Gasteiger partial charge in [0.25, 0.3) is 0 Å². The first-order valence-electron chi connectivity index (χ1n) is 11.8. The smallest absolute Gasteiger partial charge is 0.142 e. The molecule has 2 aromatic carbocycles. The first kappa shape index (κ1) is 24.2. The van der Waals surface area contributed by atoms with Crippen molar-refractivity contribution in [2.24, 2.45) is 5.41 Å². The van der Waals surface area contributed by atoms with Crippen LogP contribution in [0.5, 0.6) is 5.75 Å². The Morgan fingerprint density at radius 3 is 2.49 bits per heavy atom. The number of benzene rings is 2. The van der Waals surface area contributed by atoms with E-state index < -0.39 is 11.0 Å². The molecule has 3 saturated heterocycles. The lowest BCUT2D eigenvalue weighted by molar-refractivity contribution is -0.00237. The van der Waals surface area contributed by atoms with Crippen molar-refractivity contribution >= 4 is 27.7 Å². The zero-order chi connectivity index (χ0) is 24.6. The van der Waals surface area contributed by atoms with Crippen LogP contribution in [0.1, 0.15) is 0 Å². The summed E-state index contributed by atoms with van der Waals surface area (Å²) in [4.78, 5) is 13.5. The monoisotopic (exact) mass is 499 g/mol. The molecule has 1 unspecified atom stereocenters. The Labute approximate surface area is 208 Å². The minimum Gasteiger partial charge on any atom is -0.507 e.